The minimum Gasteiger partial charge on any atom is -0.382 e. The summed E-state index contributed by atoms with van der Waals surface area (Å²) in [6.45, 7) is 9.99. The Morgan fingerprint density at radius 3 is 1.25 bits per heavy atom. The quantitative estimate of drug-likeness (QED) is 0.629. The molecule has 0 aromatic carbocycles. The van der Waals surface area contributed by atoms with Crippen LogP contribution < -0.4 is 0 Å². The van der Waals surface area contributed by atoms with Crippen molar-refractivity contribution in [1.29, 1.82) is 0 Å². The number of hydrogen-bond donors (Lipinski definition) is 0. The molecule has 0 aliphatic carbocycles. The number of hydrogen-bond acceptors (Lipinski definition) is 2. The summed E-state index contributed by atoms with van der Waals surface area (Å²) >= 11 is 0. The van der Waals surface area contributed by atoms with Crippen LogP contribution in [0, 0.1) is 0 Å². The first kappa shape index (κ1) is 14.0. The monoisotopic (exact) mass is 172 g/mol. The Hall–Kier alpha value is -0.500. The van der Waals surface area contributed by atoms with Crippen LogP contribution in [0.4, 0.5) is 0 Å². The molecule has 0 N–H and O–H groups in total. The van der Waals surface area contributed by atoms with E-state index in [9.17, 15) is 0 Å². The van der Waals surface area contributed by atoms with Crippen LogP contribution in [-0.4, -0.2) is 44.0 Å². The van der Waals surface area contributed by atoms with E-state index in [1.807, 2.05) is 25.9 Å². The molecule has 0 atom stereocenters. The van der Waals surface area contributed by atoms with Gasteiger partial charge in [0.2, 0.25) is 0 Å². The van der Waals surface area contributed by atoms with Crippen molar-refractivity contribution in [2.24, 2.45) is 0 Å². The topological polar surface area (TPSA) is 6.48 Å². The van der Waals surface area contributed by atoms with Crippen LogP contribution in [0.25, 0.3) is 0 Å². The average molecular weight is 172 g/mol. The highest BCUT2D eigenvalue weighted by molar-refractivity contribution is 4.82. The van der Waals surface area contributed by atoms with Crippen molar-refractivity contribution in [3.8, 4) is 0 Å². The van der Waals surface area contributed by atoms with Gasteiger partial charge < -0.3 is 9.80 Å². The van der Waals surface area contributed by atoms with Gasteiger partial charge in [-0.15, -0.1) is 0 Å². The van der Waals surface area contributed by atoms with Gasteiger partial charge in [0.25, 0.3) is 0 Å². The second kappa shape index (κ2) is 7.17. The molecular weight excluding hydrogens is 148 g/mol. The summed E-state index contributed by atoms with van der Waals surface area (Å²) in [6.07, 6.45) is 0. The summed E-state index contributed by atoms with van der Waals surface area (Å²) in [5.74, 6) is 0. The van der Waals surface area contributed by atoms with Gasteiger partial charge in [-0.3, -0.25) is 0 Å². The van der Waals surface area contributed by atoms with E-state index in [1.54, 1.807) is 0 Å². The third kappa shape index (κ3) is 12.2. The van der Waals surface area contributed by atoms with Crippen LogP contribution in [0.2, 0.25) is 0 Å². The maximum absolute atomic E-state index is 3.68. The number of allylic oxidation sites excluding steroid dienone is 1. The molecule has 0 bridgehead atoms. The first-order valence-electron chi connectivity index (χ1n) is 4.28. The van der Waals surface area contributed by atoms with E-state index >= 15 is 0 Å². The van der Waals surface area contributed by atoms with Crippen molar-refractivity contribution < 1.29 is 0 Å². The molecule has 74 valence electrons. The molecule has 0 spiro atoms. The molecule has 0 heterocycles. The van der Waals surface area contributed by atoms with E-state index in [4.69, 9.17) is 0 Å². The second-order valence-corrected chi connectivity index (χ2v) is 3.69. The fourth-order valence-electron chi connectivity index (χ4n) is 0. The Morgan fingerprint density at radius 1 is 1.08 bits per heavy atom. The summed E-state index contributed by atoms with van der Waals surface area (Å²) in [7, 11) is 8.10. The zero-order valence-electron chi connectivity index (χ0n) is 9.68. The SMILES string of the molecule is C=C(C)N(C)C.CC(C)N(C)C. The van der Waals surface area contributed by atoms with Crippen molar-refractivity contribution in [2.75, 3.05) is 28.2 Å². The predicted molar refractivity (Wildman–Crippen MR) is 57.3 cm³/mol. The third-order valence-corrected chi connectivity index (χ3v) is 1.80. The van der Waals surface area contributed by atoms with E-state index in [-0.39, 0.29) is 0 Å². The van der Waals surface area contributed by atoms with Crippen LogP contribution in [0.3, 0.4) is 0 Å². The molecule has 0 aliphatic rings. The summed E-state index contributed by atoms with van der Waals surface area (Å²) in [6, 6.07) is 0.685. The highest BCUT2D eigenvalue weighted by atomic mass is 15.1. The Morgan fingerprint density at radius 2 is 1.25 bits per heavy atom. The lowest BCUT2D eigenvalue weighted by atomic mass is 10.4. The number of rotatable bonds is 2. The molecular formula is C10H24N2. The molecule has 0 unspecified atom stereocenters. The van der Waals surface area contributed by atoms with Crippen molar-refractivity contribution in [2.45, 2.75) is 26.8 Å². The standard InChI is InChI=1S/C5H13N.C5H11N/c2*1-5(2)6(3)4/h5H,1-4H3;1H2,2-4H3. The van der Waals surface area contributed by atoms with E-state index in [0.29, 0.717) is 6.04 Å². The predicted octanol–water partition coefficient (Wildman–Crippen LogP) is 2.04. The fourth-order valence-corrected chi connectivity index (χ4v) is 0. The first-order valence-corrected chi connectivity index (χ1v) is 4.28. The minimum atomic E-state index is 0.685. The molecule has 0 aromatic rings. The van der Waals surface area contributed by atoms with E-state index in [0.717, 1.165) is 5.70 Å². The van der Waals surface area contributed by atoms with E-state index in [1.165, 1.54) is 0 Å². The Labute approximate surface area is 77.9 Å². The zero-order chi connectivity index (χ0) is 10.3. The summed E-state index contributed by atoms with van der Waals surface area (Å²) in [4.78, 5) is 4.14. The first-order chi connectivity index (χ1) is 5.29. The fraction of sp³-hybridized carbons (Fsp3) is 0.800. The average Bonchev–Trinajstić information content (AvgIpc) is 1.88. The van der Waals surface area contributed by atoms with Gasteiger partial charge in [0.05, 0.1) is 0 Å². The molecule has 0 aliphatic heterocycles. The smallest absolute Gasteiger partial charge is 0.00578 e. The van der Waals surface area contributed by atoms with Crippen LogP contribution in [0.15, 0.2) is 12.3 Å². The zero-order valence-corrected chi connectivity index (χ0v) is 9.68. The molecule has 0 radical (unpaired) electrons. The molecule has 2 nitrogen and oxygen atoms in total. The Kier molecular flexibility index (Phi) is 8.39. The van der Waals surface area contributed by atoms with Crippen LogP contribution in [0.5, 0.6) is 0 Å². The molecule has 12 heavy (non-hydrogen) atoms. The van der Waals surface area contributed by atoms with Crippen molar-refractivity contribution in [3.63, 3.8) is 0 Å². The maximum atomic E-state index is 3.68. The van der Waals surface area contributed by atoms with Gasteiger partial charge >= 0.3 is 0 Å². The molecule has 0 aromatic heterocycles. The van der Waals surface area contributed by atoms with E-state index in [2.05, 4.69) is 39.4 Å². The van der Waals surface area contributed by atoms with Crippen LogP contribution >= 0.6 is 0 Å². The third-order valence-electron chi connectivity index (χ3n) is 1.80. The van der Waals surface area contributed by atoms with Gasteiger partial charge in [-0.25, -0.2) is 0 Å². The van der Waals surface area contributed by atoms with Gasteiger partial charge in [0.15, 0.2) is 0 Å². The van der Waals surface area contributed by atoms with Gasteiger partial charge in [0, 0.05) is 25.8 Å². The maximum Gasteiger partial charge on any atom is 0.00578 e. The van der Waals surface area contributed by atoms with E-state index < -0.39 is 0 Å². The van der Waals surface area contributed by atoms with Gasteiger partial charge in [-0.1, -0.05) is 6.58 Å². The van der Waals surface area contributed by atoms with Crippen molar-refractivity contribution in [1.82, 2.24) is 9.80 Å². The van der Waals surface area contributed by atoms with Crippen LogP contribution in [-0.2, 0) is 0 Å². The summed E-state index contributed by atoms with van der Waals surface area (Å²) in [5, 5.41) is 0. The minimum absolute atomic E-state index is 0.685. The van der Waals surface area contributed by atoms with Gasteiger partial charge in [0.1, 0.15) is 0 Å². The number of nitrogens with zero attached hydrogens (tertiary/aromatic N) is 2. The molecule has 2 heteroatoms. The Balaban J connectivity index is 0. The largest absolute Gasteiger partial charge is 0.382 e. The lowest BCUT2D eigenvalue weighted by Gasteiger charge is -2.12. The molecule has 0 saturated heterocycles. The van der Waals surface area contributed by atoms with Crippen LogP contribution in [0.1, 0.15) is 20.8 Å². The lowest BCUT2D eigenvalue weighted by Crippen LogP contribution is -2.20. The van der Waals surface area contributed by atoms with Crippen molar-refractivity contribution in [3.05, 3.63) is 12.3 Å². The summed E-state index contributed by atoms with van der Waals surface area (Å²) < 4.78 is 0. The second-order valence-electron chi connectivity index (χ2n) is 3.69. The molecule has 0 fully saturated rings. The highest BCUT2D eigenvalue weighted by Crippen LogP contribution is 1.86. The Bertz CT molecular complexity index is 109. The summed E-state index contributed by atoms with van der Waals surface area (Å²) in [5.41, 5.74) is 1.09. The molecule has 0 amide bonds. The van der Waals surface area contributed by atoms with Crippen molar-refractivity contribution >= 4 is 0 Å². The molecule has 0 rings (SSSR count). The lowest BCUT2D eigenvalue weighted by molar-refractivity contribution is 0.335. The molecule has 0 saturated carbocycles. The highest BCUT2D eigenvalue weighted by Gasteiger charge is 1.90. The van der Waals surface area contributed by atoms with Gasteiger partial charge in [-0.2, -0.15) is 0 Å². The normalized spacial score (nSPS) is 9.42. The van der Waals surface area contributed by atoms with Gasteiger partial charge in [-0.05, 0) is 34.9 Å².